The van der Waals surface area contributed by atoms with Gasteiger partial charge in [-0.1, -0.05) is 41.9 Å². The summed E-state index contributed by atoms with van der Waals surface area (Å²) in [7, 11) is 1.61. The van der Waals surface area contributed by atoms with Gasteiger partial charge in [-0.05, 0) is 57.4 Å². The number of methoxy groups -OCH3 is 1. The summed E-state index contributed by atoms with van der Waals surface area (Å²) in [6.45, 7) is 0.403. The van der Waals surface area contributed by atoms with Crippen molar-refractivity contribution in [1.29, 1.82) is 5.26 Å². The number of nitrogens with zero attached hydrogens (tertiary/aromatic N) is 2. The van der Waals surface area contributed by atoms with Gasteiger partial charge in [0.1, 0.15) is 24.3 Å². The van der Waals surface area contributed by atoms with Crippen molar-refractivity contribution >= 4 is 50.2 Å². The molecule has 0 saturated carbocycles. The number of rotatable bonds is 6. The van der Waals surface area contributed by atoms with E-state index in [2.05, 4.69) is 32.0 Å². The Kier molecular flexibility index (Phi) is 6.26. The maximum Gasteiger partial charge on any atom is 0.152 e. The van der Waals surface area contributed by atoms with Gasteiger partial charge in [0, 0.05) is 6.07 Å². The number of ether oxygens (including phenoxy) is 2. The Morgan fingerprint density at radius 2 is 2.00 bits per heavy atom. The number of aromatic nitrogens is 2. The smallest absolute Gasteiger partial charge is 0.152 e. The Morgan fingerprint density at radius 3 is 2.71 bits per heavy atom. The summed E-state index contributed by atoms with van der Waals surface area (Å²) in [6, 6.07) is 21.2. The molecule has 0 atom stereocenters. The van der Waals surface area contributed by atoms with Crippen molar-refractivity contribution in [2.24, 2.45) is 0 Å². The van der Waals surface area contributed by atoms with Crippen molar-refractivity contribution in [1.82, 2.24) is 9.97 Å². The normalized spacial score (nSPS) is 11.4. The SMILES string of the molecule is COc1ccc2nc(/C(C#N)=C\c3cc(Cl)c(OCc4ccccc4)c(Br)c3)[nH]c2c1. The molecule has 0 aliphatic heterocycles. The zero-order valence-corrected chi connectivity index (χ0v) is 18.9. The molecule has 0 bridgehead atoms. The number of imidazole rings is 1. The summed E-state index contributed by atoms with van der Waals surface area (Å²) in [6.07, 6.45) is 1.73. The third kappa shape index (κ3) is 4.74. The predicted octanol–water partition coefficient (Wildman–Crippen LogP) is 6.63. The quantitative estimate of drug-likeness (QED) is 0.305. The van der Waals surface area contributed by atoms with Crippen molar-refractivity contribution in [2.45, 2.75) is 6.61 Å². The number of hydrogen-bond acceptors (Lipinski definition) is 4. The van der Waals surface area contributed by atoms with E-state index in [1.54, 1.807) is 19.3 Å². The highest BCUT2D eigenvalue weighted by molar-refractivity contribution is 9.10. The Bertz CT molecular complexity index is 1290. The Hall–Kier alpha value is -3.27. The van der Waals surface area contributed by atoms with Crippen LogP contribution >= 0.6 is 27.5 Å². The molecule has 0 radical (unpaired) electrons. The molecule has 0 spiro atoms. The van der Waals surface area contributed by atoms with E-state index in [1.807, 2.05) is 54.6 Å². The van der Waals surface area contributed by atoms with Crippen LogP contribution in [0.15, 0.2) is 65.1 Å². The second kappa shape index (κ2) is 9.25. The van der Waals surface area contributed by atoms with Gasteiger partial charge in [0.15, 0.2) is 5.75 Å². The number of fused-ring (bicyclic) bond motifs is 1. The highest BCUT2D eigenvalue weighted by Crippen LogP contribution is 2.36. The second-order valence-corrected chi connectivity index (χ2v) is 7.99. The molecule has 3 aromatic carbocycles. The van der Waals surface area contributed by atoms with Gasteiger partial charge < -0.3 is 14.5 Å². The molecule has 0 aliphatic rings. The highest BCUT2D eigenvalue weighted by atomic mass is 79.9. The summed E-state index contributed by atoms with van der Waals surface area (Å²) in [5.41, 5.74) is 3.72. The molecule has 0 aliphatic carbocycles. The number of aromatic amines is 1. The van der Waals surface area contributed by atoms with E-state index in [9.17, 15) is 5.26 Å². The zero-order valence-electron chi connectivity index (χ0n) is 16.5. The third-order valence-corrected chi connectivity index (χ3v) is 5.49. The zero-order chi connectivity index (χ0) is 21.8. The van der Waals surface area contributed by atoms with Gasteiger partial charge in [0.2, 0.25) is 0 Å². The molecule has 31 heavy (non-hydrogen) atoms. The molecule has 0 amide bonds. The van der Waals surface area contributed by atoms with Crippen LogP contribution in [-0.4, -0.2) is 17.1 Å². The number of nitriles is 1. The van der Waals surface area contributed by atoms with Crippen molar-refractivity contribution in [3.05, 3.63) is 87.1 Å². The van der Waals surface area contributed by atoms with Gasteiger partial charge in [-0.3, -0.25) is 0 Å². The van der Waals surface area contributed by atoms with Crippen LogP contribution in [0.3, 0.4) is 0 Å². The molecule has 5 nitrogen and oxygen atoms in total. The summed E-state index contributed by atoms with van der Waals surface area (Å²) < 4.78 is 11.8. The average Bonchev–Trinajstić information content (AvgIpc) is 3.20. The van der Waals surface area contributed by atoms with Crippen LogP contribution in [0.1, 0.15) is 17.0 Å². The van der Waals surface area contributed by atoms with Crippen LogP contribution in [0.5, 0.6) is 11.5 Å². The van der Waals surface area contributed by atoms with Crippen molar-refractivity contribution in [3.8, 4) is 17.6 Å². The topological polar surface area (TPSA) is 70.9 Å². The molecule has 154 valence electrons. The van der Waals surface area contributed by atoms with Crippen molar-refractivity contribution < 1.29 is 9.47 Å². The maximum atomic E-state index is 9.70. The Labute approximate surface area is 193 Å². The summed E-state index contributed by atoms with van der Waals surface area (Å²) in [4.78, 5) is 7.68. The Morgan fingerprint density at radius 1 is 1.19 bits per heavy atom. The van der Waals surface area contributed by atoms with E-state index in [1.165, 1.54) is 0 Å². The minimum atomic E-state index is 0.385. The fourth-order valence-corrected chi connectivity index (χ4v) is 4.08. The lowest BCUT2D eigenvalue weighted by atomic mass is 10.1. The molecule has 0 saturated heterocycles. The second-order valence-electron chi connectivity index (χ2n) is 6.73. The molecule has 1 aromatic heterocycles. The molecular formula is C24H17BrClN3O2. The lowest BCUT2D eigenvalue weighted by Gasteiger charge is -2.11. The number of H-pyrrole nitrogens is 1. The Balaban J connectivity index is 1.61. The van der Waals surface area contributed by atoms with Crippen LogP contribution in [0.2, 0.25) is 5.02 Å². The first-order valence-electron chi connectivity index (χ1n) is 9.39. The number of hydrogen-bond donors (Lipinski definition) is 1. The van der Waals surface area contributed by atoms with Crippen molar-refractivity contribution in [2.75, 3.05) is 7.11 Å². The summed E-state index contributed by atoms with van der Waals surface area (Å²) in [5.74, 6) is 1.74. The highest BCUT2D eigenvalue weighted by Gasteiger charge is 2.12. The molecular weight excluding hydrogens is 478 g/mol. The van der Waals surface area contributed by atoms with Crippen LogP contribution in [-0.2, 0) is 6.61 Å². The van der Waals surface area contributed by atoms with E-state index >= 15 is 0 Å². The fourth-order valence-electron chi connectivity index (χ4n) is 3.09. The van der Waals surface area contributed by atoms with Crippen molar-refractivity contribution in [3.63, 3.8) is 0 Å². The first-order valence-corrected chi connectivity index (χ1v) is 10.6. The van der Waals surface area contributed by atoms with Gasteiger partial charge in [-0.25, -0.2) is 4.98 Å². The maximum absolute atomic E-state index is 9.70. The molecule has 4 rings (SSSR count). The van der Waals surface area contributed by atoms with Gasteiger partial charge >= 0.3 is 0 Å². The molecule has 7 heteroatoms. The van der Waals surface area contributed by atoms with Gasteiger partial charge in [-0.15, -0.1) is 0 Å². The van der Waals surface area contributed by atoms with Gasteiger partial charge in [-0.2, -0.15) is 5.26 Å². The first-order chi connectivity index (χ1) is 15.1. The largest absolute Gasteiger partial charge is 0.497 e. The van der Waals surface area contributed by atoms with Crippen LogP contribution in [0.25, 0.3) is 22.7 Å². The van der Waals surface area contributed by atoms with Gasteiger partial charge in [0.05, 0.1) is 33.2 Å². The molecule has 1 heterocycles. The van der Waals surface area contributed by atoms with E-state index in [0.29, 0.717) is 39.0 Å². The van der Waals surface area contributed by atoms with E-state index in [-0.39, 0.29) is 0 Å². The number of benzene rings is 3. The number of allylic oxidation sites excluding steroid dienone is 1. The van der Waals surface area contributed by atoms with Gasteiger partial charge in [0.25, 0.3) is 0 Å². The average molecular weight is 495 g/mol. The third-order valence-electron chi connectivity index (χ3n) is 4.62. The number of halogens is 2. The molecule has 1 N–H and O–H groups in total. The summed E-state index contributed by atoms with van der Waals surface area (Å²) in [5, 5.41) is 10.1. The van der Waals surface area contributed by atoms with E-state index in [4.69, 9.17) is 21.1 Å². The standard InChI is InChI=1S/C24H17BrClN3O2/c1-30-18-7-8-21-22(12-18)29-24(28-21)17(13-27)9-16-10-19(25)23(20(26)11-16)31-14-15-5-3-2-4-6-15/h2-12H,14H2,1H3,(H,28,29)/b17-9-. The number of nitrogens with one attached hydrogen (secondary N) is 1. The van der Waals surface area contributed by atoms with Crippen LogP contribution < -0.4 is 9.47 Å². The predicted molar refractivity (Wildman–Crippen MR) is 126 cm³/mol. The first kappa shape index (κ1) is 21.0. The van der Waals surface area contributed by atoms with Crippen LogP contribution in [0, 0.1) is 11.3 Å². The fraction of sp³-hybridized carbons (Fsp3) is 0.0833. The molecule has 4 aromatic rings. The van der Waals surface area contributed by atoms with E-state index < -0.39 is 0 Å². The minimum Gasteiger partial charge on any atom is -0.497 e. The van der Waals surface area contributed by atoms with Crippen LogP contribution in [0.4, 0.5) is 0 Å². The molecule has 0 unspecified atom stereocenters. The monoisotopic (exact) mass is 493 g/mol. The van der Waals surface area contributed by atoms with E-state index in [0.717, 1.165) is 22.2 Å². The summed E-state index contributed by atoms with van der Waals surface area (Å²) >= 11 is 9.99. The lowest BCUT2D eigenvalue weighted by Crippen LogP contribution is -1.97. The minimum absolute atomic E-state index is 0.385. The lowest BCUT2D eigenvalue weighted by molar-refractivity contribution is 0.304. The molecule has 0 fully saturated rings.